The Kier molecular flexibility index (Phi) is 10.3. The van der Waals surface area contributed by atoms with E-state index in [0.29, 0.717) is 30.2 Å². The molecular formula is C29H38N2O3S. The summed E-state index contributed by atoms with van der Waals surface area (Å²) in [6.07, 6.45) is 11.2. The monoisotopic (exact) mass is 494 g/mol. The standard InChI is InChI=1S/C29H38N2O3S/c1-20-9-7-8-12-24(20)26-18-23(19-30-21(2)17-22-10-5-4-6-11-22)13-14-25(26)28(32)31-27(29(33)34)15-16-35-3/h7-9,12-14,17-18,22,27,30H,4-6,10-11,15-16,19H2,1-3H3,(H,31,32)(H,33,34)/b21-17+. The highest BCUT2D eigenvalue weighted by atomic mass is 32.2. The van der Waals surface area contributed by atoms with Gasteiger partial charge in [-0.05, 0) is 85.4 Å². The fourth-order valence-electron chi connectivity index (χ4n) is 4.68. The Hall–Kier alpha value is -2.73. The normalized spacial score (nSPS) is 15.5. The van der Waals surface area contributed by atoms with Crippen molar-refractivity contribution < 1.29 is 14.7 Å². The largest absolute Gasteiger partial charge is 0.480 e. The molecule has 1 atom stereocenters. The molecule has 1 fully saturated rings. The number of hydrogen-bond acceptors (Lipinski definition) is 4. The zero-order valence-corrected chi connectivity index (χ0v) is 21.9. The number of nitrogens with one attached hydrogen (secondary N) is 2. The third-order valence-electron chi connectivity index (χ3n) is 6.68. The van der Waals surface area contributed by atoms with Crippen molar-refractivity contribution in [3.8, 4) is 11.1 Å². The van der Waals surface area contributed by atoms with E-state index in [0.717, 1.165) is 22.3 Å². The first-order valence-corrected chi connectivity index (χ1v) is 13.9. The number of carboxylic acids is 1. The third kappa shape index (κ3) is 7.89. The van der Waals surface area contributed by atoms with Crippen LogP contribution < -0.4 is 10.6 Å². The van der Waals surface area contributed by atoms with Crippen molar-refractivity contribution in [3.63, 3.8) is 0 Å². The van der Waals surface area contributed by atoms with Gasteiger partial charge in [-0.25, -0.2) is 4.79 Å². The van der Waals surface area contributed by atoms with Crippen molar-refractivity contribution >= 4 is 23.6 Å². The van der Waals surface area contributed by atoms with Gasteiger partial charge in [-0.2, -0.15) is 11.8 Å². The Morgan fingerprint density at radius 2 is 1.86 bits per heavy atom. The minimum atomic E-state index is -1.01. The van der Waals surface area contributed by atoms with E-state index in [9.17, 15) is 14.7 Å². The summed E-state index contributed by atoms with van der Waals surface area (Å²) in [5, 5.41) is 15.8. The van der Waals surface area contributed by atoms with Crippen LogP contribution in [-0.4, -0.2) is 35.0 Å². The number of hydrogen-bond donors (Lipinski definition) is 3. The first-order valence-electron chi connectivity index (χ1n) is 12.5. The van der Waals surface area contributed by atoms with E-state index in [1.807, 2.05) is 49.6 Å². The van der Waals surface area contributed by atoms with Crippen LogP contribution >= 0.6 is 11.8 Å². The van der Waals surface area contributed by atoms with Crippen LogP contribution in [0.5, 0.6) is 0 Å². The molecular weight excluding hydrogens is 456 g/mol. The zero-order chi connectivity index (χ0) is 25.2. The molecule has 1 aliphatic carbocycles. The van der Waals surface area contributed by atoms with E-state index >= 15 is 0 Å². The molecule has 1 amide bonds. The maximum atomic E-state index is 13.2. The molecule has 0 bridgehead atoms. The SMILES string of the molecule is CSCCC(NC(=O)c1ccc(CN/C(C)=C/C2CCCCC2)cc1-c1ccccc1C)C(=O)O. The summed E-state index contributed by atoms with van der Waals surface area (Å²) in [5.41, 5.74) is 5.63. The lowest BCUT2D eigenvalue weighted by Gasteiger charge is -2.20. The van der Waals surface area contributed by atoms with E-state index in [4.69, 9.17) is 0 Å². The lowest BCUT2D eigenvalue weighted by molar-refractivity contribution is -0.139. The van der Waals surface area contributed by atoms with Gasteiger partial charge in [-0.1, -0.05) is 55.7 Å². The topological polar surface area (TPSA) is 78.4 Å². The van der Waals surface area contributed by atoms with Gasteiger partial charge in [0.25, 0.3) is 5.91 Å². The number of benzene rings is 2. The van der Waals surface area contributed by atoms with Gasteiger partial charge >= 0.3 is 5.97 Å². The molecule has 0 spiro atoms. The molecule has 188 valence electrons. The fraction of sp³-hybridized carbons (Fsp3) is 0.448. The minimum absolute atomic E-state index is 0.357. The van der Waals surface area contributed by atoms with Crippen molar-refractivity contribution in [3.05, 3.63) is 70.9 Å². The van der Waals surface area contributed by atoms with Crippen molar-refractivity contribution in [1.82, 2.24) is 10.6 Å². The van der Waals surface area contributed by atoms with Crippen molar-refractivity contribution in [1.29, 1.82) is 0 Å². The molecule has 0 heterocycles. The number of allylic oxidation sites excluding steroid dienone is 2. The Morgan fingerprint density at radius 3 is 2.54 bits per heavy atom. The first-order chi connectivity index (χ1) is 16.9. The molecule has 3 rings (SSSR count). The van der Waals surface area contributed by atoms with E-state index < -0.39 is 12.0 Å². The predicted octanol–water partition coefficient (Wildman–Crippen LogP) is 6.17. The maximum absolute atomic E-state index is 13.2. The molecule has 1 saturated carbocycles. The van der Waals surface area contributed by atoms with Crippen LogP contribution in [0.1, 0.15) is 66.9 Å². The summed E-state index contributed by atoms with van der Waals surface area (Å²) in [7, 11) is 0. The zero-order valence-electron chi connectivity index (χ0n) is 21.1. The number of amides is 1. The molecule has 2 aromatic carbocycles. The van der Waals surface area contributed by atoms with Crippen LogP contribution in [0.25, 0.3) is 11.1 Å². The average molecular weight is 495 g/mol. The molecule has 0 saturated heterocycles. The van der Waals surface area contributed by atoms with Crippen molar-refractivity contribution in [2.75, 3.05) is 12.0 Å². The summed E-state index contributed by atoms with van der Waals surface area (Å²) >= 11 is 1.57. The Balaban J connectivity index is 1.83. The quantitative estimate of drug-likeness (QED) is 0.348. The second-order valence-corrected chi connectivity index (χ2v) is 10.4. The fourth-order valence-corrected chi connectivity index (χ4v) is 5.15. The van der Waals surface area contributed by atoms with Gasteiger partial charge in [0.1, 0.15) is 6.04 Å². The lowest BCUT2D eigenvalue weighted by atomic mass is 9.89. The molecule has 1 unspecified atom stereocenters. The Morgan fingerprint density at radius 1 is 1.11 bits per heavy atom. The highest BCUT2D eigenvalue weighted by Gasteiger charge is 2.22. The average Bonchev–Trinajstić information content (AvgIpc) is 2.85. The second kappa shape index (κ2) is 13.4. The van der Waals surface area contributed by atoms with Crippen LogP contribution in [-0.2, 0) is 11.3 Å². The molecule has 0 aliphatic heterocycles. The number of carbonyl (C=O) groups is 2. The predicted molar refractivity (Wildman–Crippen MR) is 146 cm³/mol. The number of aliphatic carboxylic acids is 1. The van der Waals surface area contributed by atoms with Gasteiger partial charge in [-0.3, -0.25) is 4.79 Å². The van der Waals surface area contributed by atoms with E-state index in [1.165, 1.54) is 37.8 Å². The summed E-state index contributed by atoms with van der Waals surface area (Å²) in [6.45, 7) is 4.82. The summed E-state index contributed by atoms with van der Waals surface area (Å²) in [6, 6.07) is 12.9. The molecule has 0 aromatic heterocycles. The van der Waals surface area contributed by atoms with Crippen LogP contribution in [0.15, 0.2) is 54.2 Å². The van der Waals surface area contributed by atoms with E-state index in [1.54, 1.807) is 11.8 Å². The van der Waals surface area contributed by atoms with Crippen molar-refractivity contribution in [2.24, 2.45) is 5.92 Å². The first kappa shape index (κ1) is 26.9. The summed E-state index contributed by atoms with van der Waals surface area (Å²) < 4.78 is 0. The number of carboxylic acid groups (broad SMARTS) is 1. The Bertz CT molecular complexity index is 1040. The van der Waals surface area contributed by atoms with Gasteiger partial charge in [0.05, 0.1) is 0 Å². The summed E-state index contributed by atoms with van der Waals surface area (Å²) in [5.74, 6) is -0.0334. The van der Waals surface area contributed by atoms with Gasteiger partial charge in [-0.15, -0.1) is 0 Å². The van der Waals surface area contributed by atoms with Gasteiger partial charge in [0.15, 0.2) is 0 Å². The van der Waals surface area contributed by atoms with Crippen LogP contribution in [0, 0.1) is 12.8 Å². The molecule has 2 aromatic rings. The number of aryl methyl sites for hydroxylation is 1. The molecule has 3 N–H and O–H groups in total. The molecule has 5 nitrogen and oxygen atoms in total. The number of thioether (sulfide) groups is 1. The smallest absolute Gasteiger partial charge is 0.326 e. The third-order valence-corrected chi connectivity index (χ3v) is 7.33. The number of carbonyl (C=O) groups excluding carboxylic acids is 1. The van der Waals surface area contributed by atoms with Gasteiger partial charge in [0.2, 0.25) is 0 Å². The molecule has 1 aliphatic rings. The van der Waals surface area contributed by atoms with E-state index in [-0.39, 0.29) is 5.91 Å². The van der Waals surface area contributed by atoms with Gasteiger partial charge in [0, 0.05) is 17.8 Å². The number of rotatable bonds is 11. The van der Waals surface area contributed by atoms with E-state index in [2.05, 4.69) is 29.7 Å². The second-order valence-electron chi connectivity index (χ2n) is 9.44. The van der Waals surface area contributed by atoms with Crippen LogP contribution in [0.2, 0.25) is 0 Å². The Labute approximate surface area is 213 Å². The highest BCUT2D eigenvalue weighted by molar-refractivity contribution is 7.98. The van der Waals surface area contributed by atoms with Gasteiger partial charge < -0.3 is 15.7 Å². The highest BCUT2D eigenvalue weighted by Crippen LogP contribution is 2.29. The minimum Gasteiger partial charge on any atom is -0.480 e. The lowest BCUT2D eigenvalue weighted by Crippen LogP contribution is -2.41. The van der Waals surface area contributed by atoms with Crippen molar-refractivity contribution in [2.45, 2.75) is 65.0 Å². The molecule has 35 heavy (non-hydrogen) atoms. The van der Waals surface area contributed by atoms with Crippen LogP contribution in [0.3, 0.4) is 0 Å². The van der Waals surface area contributed by atoms with Crippen LogP contribution in [0.4, 0.5) is 0 Å². The summed E-state index contributed by atoms with van der Waals surface area (Å²) in [4.78, 5) is 24.9. The maximum Gasteiger partial charge on any atom is 0.326 e. The molecule has 0 radical (unpaired) electrons. The molecule has 6 heteroatoms.